The summed E-state index contributed by atoms with van der Waals surface area (Å²) in [6.45, 7) is 3.83. The van der Waals surface area contributed by atoms with E-state index in [4.69, 9.17) is 10.5 Å². The second kappa shape index (κ2) is 7.19. The van der Waals surface area contributed by atoms with Gasteiger partial charge in [0.1, 0.15) is 6.10 Å². The van der Waals surface area contributed by atoms with Crippen LogP contribution in [0.3, 0.4) is 0 Å². The lowest BCUT2D eigenvalue weighted by Crippen LogP contribution is -2.46. The number of ether oxygens (including phenoxy) is 1. The van der Waals surface area contributed by atoms with Crippen molar-refractivity contribution < 1.29 is 14.3 Å². The molecule has 1 unspecified atom stereocenters. The van der Waals surface area contributed by atoms with Crippen LogP contribution in [-0.4, -0.2) is 56.1 Å². The molecule has 1 atom stereocenters. The highest BCUT2D eigenvalue weighted by atomic mass is 16.5. The molecule has 94 valence electrons. The number of nitrogens with zero attached hydrogens (tertiary/aromatic N) is 1. The summed E-state index contributed by atoms with van der Waals surface area (Å²) in [5, 5.41) is 2.70. The van der Waals surface area contributed by atoms with E-state index in [-0.39, 0.29) is 30.9 Å². The van der Waals surface area contributed by atoms with E-state index in [0.29, 0.717) is 0 Å². The average molecular weight is 231 g/mol. The Labute approximate surface area is 96.1 Å². The molecule has 6 heteroatoms. The van der Waals surface area contributed by atoms with Crippen molar-refractivity contribution in [3.8, 4) is 0 Å². The highest BCUT2D eigenvalue weighted by Gasteiger charge is 2.21. The molecule has 6 nitrogen and oxygen atoms in total. The molecule has 16 heavy (non-hydrogen) atoms. The lowest BCUT2D eigenvalue weighted by Gasteiger charge is -2.21. The number of carbonyl (C=O) groups is 2. The zero-order valence-corrected chi connectivity index (χ0v) is 10.3. The SMILES string of the molecule is COC(CN)C(=O)N(C)CC(=O)NC(C)C. The minimum absolute atomic E-state index is 0.0108. The van der Waals surface area contributed by atoms with Crippen LogP contribution in [0.25, 0.3) is 0 Å². The number of carbonyl (C=O) groups excluding carboxylic acids is 2. The van der Waals surface area contributed by atoms with Crippen LogP contribution in [0, 0.1) is 0 Å². The van der Waals surface area contributed by atoms with Crippen molar-refractivity contribution in [2.45, 2.75) is 26.0 Å². The van der Waals surface area contributed by atoms with Gasteiger partial charge in [-0.15, -0.1) is 0 Å². The van der Waals surface area contributed by atoms with E-state index >= 15 is 0 Å². The van der Waals surface area contributed by atoms with Gasteiger partial charge in [-0.3, -0.25) is 9.59 Å². The van der Waals surface area contributed by atoms with Gasteiger partial charge in [-0.2, -0.15) is 0 Å². The highest BCUT2D eigenvalue weighted by Crippen LogP contribution is 1.95. The Kier molecular flexibility index (Phi) is 6.67. The second-order valence-corrected chi connectivity index (χ2v) is 3.88. The molecule has 0 aliphatic rings. The van der Waals surface area contributed by atoms with Gasteiger partial charge < -0.3 is 20.7 Å². The molecular weight excluding hydrogens is 210 g/mol. The first kappa shape index (κ1) is 14.9. The third-order valence-corrected chi connectivity index (χ3v) is 1.98. The molecule has 0 radical (unpaired) electrons. The van der Waals surface area contributed by atoms with Crippen LogP contribution < -0.4 is 11.1 Å². The summed E-state index contributed by atoms with van der Waals surface area (Å²) in [7, 11) is 2.96. The number of nitrogens with one attached hydrogen (secondary N) is 1. The van der Waals surface area contributed by atoms with Crippen molar-refractivity contribution in [3.63, 3.8) is 0 Å². The topological polar surface area (TPSA) is 84.7 Å². The van der Waals surface area contributed by atoms with Crippen molar-refractivity contribution in [1.29, 1.82) is 0 Å². The molecule has 0 saturated heterocycles. The van der Waals surface area contributed by atoms with Gasteiger partial charge in [-0.05, 0) is 13.8 Å². The highest BCUT2D eigenvalue weighted by molar-refractivity contribution is 5.87. The number of hydrogen-bond acceptors (Lipinski definition) is 4. The predicted octanol–water partition coefficient (Wildman–Crippen LogP) is -1.06. The maximum atomic E-state index is 11.7. The number of rotatable bonds is 6. The van der Waals surface area contributed by atoms with Crippen molar-refractivity contribution in [2.24, 2.45) is 5.73 Å². The minimum atomic E-state index is -0.683. The predicted molar refractivity (Wildman–Crippen MR) is 60.8 cm³/mol. The van der Waals surface area contributed by atoms with E-state index in [0.717, 1.165) is 0 Å². The molecule has 0 aromatic rings. The van der Waals surface area contributed by atoms with E-state index in [2.05, 4.69) is 5.32 Å². The molecular formula is C10H21N3O3. The number of likely N-dealkylation sites (N-methyl/N-ethyl adjacent to an activating group) is 1. The molecule has 0 saturated carbocycles. The van der Waals surface area contributed by atoms with Crippen molar-refractivity contribution in [2.75, 3.05) is 27.2 Å². The summed E-state index contributed by atoms with van der Waals surface area (Å²) < 4.78 is 4.90. The quantitative estimate of drug-likeness (QED) is 0.610. The Hall–Kier alpha value is -1.14. The summed E-state index contributed by atoms with van der Waals surface area (Å²) in [5.41, 5.74) is 5.36. The number of amides is 2. The fourth-order valence-electron chi connectivity index (χ4n) is 1.20. The largest absolute Gasteiger partial charge is 0.370 e. The van der Waals surface area contributed by atoms with Crippen LogP contribution in [0.15, 0.2) is 0 Å². The Morgan fingerprint density at radius 3 is 2.38 bits per heavy atom. The monoisotopic (exact) mass is 231 g/mol. The maximum absolute atomic E-state index is 11.7. The molecule has 0 bridgehead atoms. The van der Waals surface area contributed by atoms with Crippen molar-refractivity contribution >= 4 is 11.8 Å². The molecule has 0 heterocycles. The third-order valence-electron chi connectivity index (χ3n) is 1.98. The molecule has 0 aromatic heterocycles. The summed E-state index contributed by atoms with van der Waals surface area (Å²) in [5.74, 6) is -0.485. The van der Waals surface area contributed by atoms with Gasteiger partial charge in [0.2, 0.25) is 5.91 Å². The number of hydrogen-bond donors (Lipinski definition) is 2. The van der Waals surface area contributed by atoms with Gasteiger partial charge in [0.15, 0.2) is 0 Å². The van der Waals surface area contributed by atoms with Crippen LogP contribution in [0.1, 0.15) is 13.8 Å². The fourth-order valence-corrected chi connectivity index (χ4v) is 1.20. The first-order valence-electron chi connectivity index (χ1n) is 5.19. The molecule has 0 aliphatic heterocycles. The normalized spacial score (nSPS) is 12.4. The molecule has 0 fully saturated rings. The molecule has 3 N–H and O–H groups in total. The lowest BCUT2D eigenvalue weighted by atomic mass is 10.3. The number of nitrogens with two attached hydrogens (primary N) is 1. The molecule has 0 spiro atoms. The summed E-state index contributed by atoms with van der Waals surface area (Å²) in [6.07, 6.45) is -0.683. The van der Waals surface area contributed by atoms with Crippen molar-refractivity contribution in [3.05, 3.63) is 0 Å². The average Bonchev–Trinajstić information content (AvgIpc) is 2.17. The van der Waals surface area contributed by atoms with Crippen LogP contribution >= 0.6 is 0 Å². The second-order valence-electron chi connectivity index (χ2n) is 3.88. The third kappa shape index (κ3) is 5.09. The van der Waals surface area contributed by atoms with Gasteiger partial charge in [-0.1, -0.05) is 0 Å². The molecule has 0 rings (SSSR count). The van der Waals surface area contributed by atoms with Crippen molar-refractivity contribution in [1.82, 2.24) is 10.2 Å². The Morgan fingerprint density at radius 1 is 1.44 bits per heavy atom. The fraction of sp³-hybridized carbons (Fsp3) is 0.800. The Balaban J connectivity index is 4.19. The van der Waals surface area contributed by atoms with E-state index in [1.807, 2.05) is 13.8 Å². The smallest absolute Gasteiger partial charge is 0.253 e. The van der Waals surface area contributed by atoms with Gasteiger partial charge in [0, 0.05) is 26.7 Å². The molecule has 0 aliphatic carbocycles. The standard InChI is InChI=1S/C10H21N3O3/c1-7(2)12-9(14)6-13(3)10(15)8(5-11)16-4/h7-8H,5-6,11H2,1-4H3,(H,12,14). The summed E-state index contributed by atoms with van der Waals surface area (Å²) >= 11 is 0. The van der Waals surface area contributed by atoms with Gasteiger partial charge in [0.25, 0.3) is 5.91 Å². The van der Waals surface area contributed by atoms with Gasteiger partial charge in [-0.25, -0.2) is 0 Å². The van der Waals surface area contributed by atoms with E-state index in [9.17, 15) is 9.59 Å². The summed E-state index contributed by atoms with van der Waals surface area (Å²) in [4.78, 5) is 24.4. The molecule has 2 amide bonds. The Morgan fingerprint density at radius 2 is 2.00 bits per heavy atom. The van der Waals surface area contributed by atoms with E-state index in [1.54, 1.807) is 7.05 Å². The maximum Gasteiger partial charge on any atom is 0.253 e. The van der Waals surface area contributed by atoms with Crippen LogP contribution in [-0.2, 0) is 14.3 Å². The van der Waals surface area contributed by atoms with Gasteiger partial charge in [0.05, 0.1) is 6.54 Å². The Bertz CT molecular complexity index is 239. The van der Waals surface area contributed by atoms with Crippen LogP contribution in [0.2, 0.25) is 0 Å². The first-order chi connectivity index (χ1) is 7.42. The summed E-state index contributed by atoms with van der Waals surface area (Å²) in [6, 6.07) is 0.0590. The van der Waals surface area contributed by atoms with E-state index < -0.39 is 6.10 Å². The zero-order valence-electron chi connectivity index (χ0n) is 10.3. The van der Waals surface area contributed by atoms with Crippen LogP contribution in [0.4, 0.5) is 0 Å². The lowest BCUT2D eigenvalue weighted by molar-refractivity contribution is -0.142. The van der Waals surface area contributed by atoms with E-state index in [1.165, 1.54) is 12.0 Å². The molecule has 0 aromatic carbocycles. The zero-order chi connectivity index (χ0) is 12.7. The van der Waals surface area contributed by atoms with Gasteiger partial charge >= 0.3 is 0 Å². The first-order valence-corrected chi connectivity index (χ1v) is 5.19. The minimum Gasteiger partial charge on any atom is -0.370 e. The van der Waals surface area contributed by atoms with Crippen LogP contribution in [0.5, 0.6) is 0 Å². The number of methoxy groups -OCH3 is 1.